The van der Waals surface area contributed by atoms with Gasteiger partial charge in [0, 0.05) is 12.5 Å². The van der Waals surface area contributed by atoms with Crippen LogP contribution in [0.2, 0.25) is 0 Å². The van der Waals surface area contributed by atoms with Crippen LogP contribution in [0.25, 0.3) is 11.1 Å². The minimum absolute atomic E-state index is 0.0504. The summed E-state index contributed by atoms with van der Waals surface area (Å²) in [5.74, 6) is 0.0311. The number of methoxy groups -OCH3 is 2. The molecule has 1 aliphatic rings. The first-order valence-corrected chi connectivity index (χ1v) is 13.6. The van der Waals surface area contributed by atoms with Gasteiger partial charge in [0.15, 0.2) is 0 Å². The summed E-state index contributed by atoms with van der Waals surface area (Å²) >= 11 is 0. The quantitative estimate of drug-likeness (QED) is 0.357. The summed E-state index contributed by atoms with van der Waals surface area (Å²) in [6.07, 6.45) is -5.69. The molecular weight excluding hydrogens is 551 g/mol. The number of carboxylic acids is 1. The number of aliphatic carboxylic acids is 1. The van der Waals surface area contributed by atoms with Crippen molar-refractivity contribution >= 4 is 21.7 Å². The number of hydrogen-bond donors (Lipinski definition) is 1. The van der Waals surface area contributed by atoms with E-state index in [2.05, 4.69) is 0 Å². The molecule has 12 heteroatoms. The van der Waals surface area contributed by atoms with Crippen molar-refractivity contribution < 1.29 is 45.7 Å². The number of carboxylic acid groups (broad SMARTS) is 1. The van der Waals surface area contributed by atoms with E-state index in [9.17, 15) is 31.5 Å². The SMILES string of the molecule is COc1cc(OC)cc(-c2ccc3c(c2)N(S(=O)(=O)c2cccc(C(F)(F)F)c2)C[C@H](CC(C)(C)C(=O)O)O3)c1. The third-order valence-electron chi connectivity index (χ3n) is 6.64. The summed E-state index contributed by atoms with van der Waals surface area (Å²) < 4.78 is 85.7. The molecule has 0 spiro atoms. The summed E-state index contributed by atoms with van der Waals surface area (Å²) in [6, 6.07) is 13.4. The van der Waals surface area contributed by atoms with Crippen LogP contribution in [-0.4, -0.2) is 46.4 Å². The summed E-state index contributed by atoms with van der Waals surface area (Å²) in [7, 11) is -1.56. The third kappa shape index (κ3) is 5.81. The first-order valence-electron chi connectivity index (χ1n) is 12.1. The molecule has 0 bridgehead atoms. The predicted octanol–water partition coefficient (Wildman–Crippen LogP) is 5.85. The number of alkyl halides is 3. The van der Waals surface area contributed by atoms with E-state index < -0.39 is 44.1 Å². The second-order valence-electron chi connectivity index (χ2n) is 9.98. The minimum atomic E-state index is -4.75. The number of sulfonamides is 1. The van der Waals surface area contributed by atoms with Gasteiger partial charge in [-0.1, -0.05) is 12.1 Å². The molecule has 1 N–H and O–H groups in total. The van der Waals surface area contributed by atoms with Crippen LogP contribution in [0.3, 0.4) is 0 Å². The highest BCUT2D eigenvalue weighted by Crippen LogP contribution is 2.43. The standard InChI is InChI=1S/C28H28F3NO7S/c1-27(2,26(33)34)15-22-16-32(40(35,36)23-7-5-6-19(13-23)28(29,30)31)24-12-17(8-9-25(24)39-22)18-10-20(37-3)14-21(11-18)38-4/h5-14,22H,15-16H2,1-4H3,(H,33,34)/t22-/m0/s1. The van der Waals surface area contributed by atoms with E-state index >= 15 is 0 Å². The Morgan fingerprint density at radius 1 is 1.00 bits per heavy atom. The molecule has 214 valence electrons. The van der Waals surface area contributed by atoms with Gasteiger partial charge in [0.1, 0.15) is 23.4 Å². The number of anilines is 1. The average molecular weight is 580 g/mol. The van der Waals surface area contributed by atoms with Crippen molar-refractivity contribution in [2.24, 2.45) is 5.41 Å². The fraction of sp³-hybridized carbons (Fsp3) is 0.321. The average Bonchev–Trinajstić information content (AvgIpc) is 2.91. The van der Waals surface area contributed by atoms with Crippen molar-refractivity contribution in [3.8, 4) is 28.4 Å². The van der Waals surface area contributed by atoms with Crippen LogP contribution in [0.15, 0.2) is 65.6 Å². The number of hydrogen-bond acceptors (Lipinski definition) is 6. The molecule has 1 atom stereocenters. The highest BCUT2D eigenvalue weighted by molar-refractivity contribution is 7.92. The molecule has 3 aromatic rings. The first kappa shape index (κ1) is 29.1. The highest BCUT2D eigenvalue weighted by atomic mass is 32.2. The summed E-state index contributed by atoms with van der Waals surface area (Å²) in [4.78, 5) is 11.2. The van der Waals surface area contributed by atoms with Gasteiger partial charge in [0.05, 0.1) is 42.3 Å². The summed E-state index contributed by atoms with van der Waals surface area (Å²) in [5.41, 5.74) is -1.08. The molecule has 1 aliphatic heterocycles. The van der Waals surface area contributed by atoms with Gasteiger partial charge >= 0.3 is 12.1 Å². The highest BCUT2D eigenvalue weighted by Gasteiger charge is 2.40. The molecule has 40 heavy (non-hydrogen) atoms. The van der Waals surface area contributed by atoms with Crippen molar-refractivity contribution in [2.45, 2.75) is 37.4 Å². The second kappa shape index (κ2) is 10.6. The Morgan fingerprint density at radius 2 is 1.65 bits per heavy atom. The Kier molecular flexibility index (Phi) is 7.68. The van der Waals surface area contributed by atoms with Crippen molar-refractivity contribution in [1.29, 1.82) is 0 Å². The van der Waals surface area contributed by atoms with Crippen LogP contribution < -0.4 is 18.5 Å². The van der Waals surface area contributed by atoms with E-state index in [1.165, 1.54) is 28.1 Å². The molecule has 4 rings (SSSR count). The zero-order valence-corrected chi connectivity index (χ0v) is 23.0. The normalized spacial score (nSPS) is 15.7. The maximum absolute atomic E-state index is 13.9. The molecule has 0 saturated carbocycles. The third-order valence-corrected chi connectivity index (χ3v) is 8.42. The molecule has 0 aromatic heterocycles. The van der Waals surface area contributed by atoms with Crippen LogP contribution in [0.4, 0.5) is 18.9 Å². The van der Waals surface area contributed by atoms with Crippen molar-refractivity contribution in [3.05, 3.63) is 66.2 Å². The van der Waals surface area contributed by atoms with Crippen LogP contribution in [-0.2, 0) is 21.0 Å². The number of rotatable bonds is 8. The Morgan fingerprint density at radius 3 is 2.23 bits per heavy atom. The number of nitrogens with zero attached hydrogens (tertiary/aromatic N) is 1. The van der Waals surface area contributed by atoms with Crippen LogP contribution >= 0.6 is 0 Å². The minimum Gasteiger partial charge on any atom is -0.497 e. The zero-order valence-electron chi connectivity index (χ0n) is 22.2. The Bertz CT molecular complexity index is 1510. The smallest absolute Gasteiger partial charge is 0.416 e. The number of halogens is 3. The fourth-order valence-electron chi connectivity index (χ4n) is 4.42. The zero-order chi connectivity index (χ0) is 29.5. The maximum Gasteiger partial charge on any atom is 0.416 e. The number of carbonyl (C=O) groups is 1. The monoisotopic (exact) mass is 579 g/mol. The van der Waals surface area contributed by atoms with Gasteiger partial charge in [-0.3, -0.25) is 9.10 Å². The molecule has 1 heterocycles. The first-order chi connectivity index (χ1) is 18.7. The van der Waals surface area contributed by atoms with E-state index in [-0.39, 0.29) is 24.4 Å². The summed E-state index contributed by atoms with van der Waals surface area (Å²) in [5, 5.41) is 9.61. The van der Waals surface area contributed by atoms with Crippen molar-refractivity contribution in [1.82, 2.24) is 0 Å². The van der Waals surface area contributed by atoms with Crippen LogP contribution in [0.1, 0.15) is 25.8 Å². The van der Waals surface area contributed by atoms with E-state index in [1.807, 2.05) is 0 Å². The van der Waals surface area contributed by atoms with Gasteiger partial charge in [-0.05, 0) is 67.4 Å². The molecule has 0 aliphatic carbocycles. The lowest BCUT2D eigenvalue weighted by atomic mass is 9.86. The van der Waals surface area contributed by atoms with E-state index in [0.29, 0.717) is 28.7 Å². The van der Waals surface area contributed by atoms with Crippen LogP contribution in [0, 0.1) is 5.41 Å². The molecule has 0 amide bonds. The summed E-state index contributed by atoms with van der Waals surface area (Å²) in [6.45, 7) is 2.66. The second-order valence-corrected chi connectivity index (χ2v) is 11.8. The predicted molar refractivity (Wildman–Crippen MR) is 141 cm³/mol. The van der Waals surface area contributed by atoms with Crippen LogP contribution in [0.5, 0.6) is 17.2 Å². The molecule has 0 radical (unpaired) electrons. The van der Waals surface area contributed by atoms with Gasteiger partial charge in [-0.15, -0.1) is 0 Å². The van der Waals surface area contributed by atoms with Gasteiger partial charge in [0.2, 0.25) is 0 Å². The lowest BCUT2D eigenvalue weighted by molar-refractivity contribution is -0.148. The largest absolute Gasteiger partial charge is 0.497 e. The van der Waals surface area contributed by atoms with E-state index in [0.717, 1.165) is 22.5 Å². The molecule has 8 nitrogen and oxygen atoms in total. The lowest BCUT2D eigenvalue weighted by Crippen LogP contribution is -2.46. The number of fused-ring (bicyclic) bond motifs is 1. The van der Waals surface area contributed by atoms with E-state index in [4.69, 9.17) is 14.2 Å². The molecule has 0 unspecified atom stereocenters. The Labute approximate surface area is 230 Å². The Balaban J connectivity index is 1.86. The van der Waals surface area contributed by atoms with Gasteiger partial charge in [0.25, 0.3) is 10.0 Å². The maximum atomic E-state index is 13.9. The molecular formula is C28H28F3NO7S. The van der Waals surface area contributed by atoms with Gasteiger partial charge in [-0.25, -0.2) is 8.42 Å². The Hall–Kier alpha value is -3.93. The fourth-order valence-corrected chi connectivity index (χ4v) is 5.96. The lowest BCUT2D eigenvalue weighted by Gasteiger charge is -2.38. The number of ether oxygens (including phenoxy) is 3. The van der Waals surface area contributed by atoms with Crippen molar-refractivity contribution in [3.63, 3.8) is 0 Å². The molecule has 0 fully saturated rings. The van der Waals surface area contributed by atoms with Gasteiger partial charge in [-0.2, -0.15) is 13.2 Å². The topological polar surface area (TPSA) is 102 Å². The van der Waals surface area contributed by atoms with Crippen molar-refractivity contribution in [2.75, 3.05) is 25.1 Å². The molecule has 0 saturated heterocycles. The molecule has 3 aromatic carbocycles. The van der Waals surface area contributed by atoms with E-state index in [1.54, 1.807) is 36.4 Å². The van der Waals surface area contributed by atoms with Gasteiger partial charge < -0.3 is 19.3 Å². The number of benzene rings is 3.